The van der Waals surface area contributed by atoms with Gasteiger partial charge in [-0.3, -0.25) is 0 Å². The van der Waals surface area contributed by atoms with Gasteiger partial charge in [-0.2, -0.15) is 13.2 Å². The number of alkyl halides is 3. The van der Waals surface area contributed by atoms with Gasteiger partial charge in [-0.05, 0) is 60.7 Å². The predicted octanol–water partition coefficient (Wildman–Crippen LogP) is 7.00. The highest BCUT2D eigenvalue weighted by molar-refractivity contribution is 6.30. The van der Waals surface area contributed by atoms with Crippen molar-refractivity contribution in [2.24, 2.45) is 0 Å². The zero-order valence-corrected chi connectivity index (χ0v) is 16.0. The summed E-state index contributed by atoms with van der Waals surface area (Å²) >= 11 is 5.83. The summed E-state index contributed by atoms with van der Waals surface area (Å²) in [6.45, 7) is 0.852. The Balaban J connectivity index is 1.51. The van der Waals surface area contributed by atoms with Crippen molar-refractivity contribution in [2.75, 3.05) is 13.2 Å². The third-order valence-electron chi connectivity index (χ3n) is 3.89. The predicted molar refractivity (Wildman–Crippen MR) is 105 cm³/mol. The summed E-state index contributed by atoms with van der Waals surface area (Å²) < 4.78 is 55.0. The van der Waals surface area contributed by atoms with Crippen molar-refractivity contribution in [1.82, 2.24) is 0 Å². The van der Waals surface area contributed by atoms with Crippen molar-refractivity contribution < 1.29 is 27.4 Å². The maximum Gasteiger partial charge on any atom is 0.416 e. The maximum atomic E-state index is 12.7. The van der Waals surface area contributed by atoms with Gasteiger partial charge >= 0.3 is 6.18 Å². The van der Waals surface area contributed by atoms with Crippen LogP contribution in [0, 0.1) is 0 Å². The molecule has 3 aromatic carbocycles. The van der Waals surface area contributed by atoms with Crippen molar-refractivity contribution in [2.45, 2.75) is 12.6 Å². The zero-order chi connectivity index (χ0) is 20.7. The van der Waals surface area contributed by atoms with Gasteiger partial charge in [-0.1, -0.05) is 23.7 Å². The van der Waals surface area contributed by atoms with Crippen LogP contribution in [0.1, 0.15) is 12.0 Å². The van der Waals surface area contributed by atoms with Gasteiger partial charge in [0, 0.05) is 11.4 Å². The summed E-state index contributed by atoms with van der Waals surface area (Å²) in [5.74, 6) is 1.94. The number of hydrogen-bond acceptors (Lipinski definition) is 3. The summed E-state index contributed by atoms with van der Waals surface area (Å²) in [4.78, 5) is 0. The molecule has 0 unspecified atom stereocenters. The number of halogens is 4. The molecule has 0 saturated heterocycles. The molecule has 0 saturated carbocycles. The van der Waals surface area contributed by atoms with Gasteiger partial charge in [-0.15, -0.1) is 0 Å². The molecule has 152 valence electrons. The number of para-hydroxylation sites is 2. The van der Waals surface area contributed by atoms with Crippen LogP contribution in [0.5, 0.6) is 23.0 Å². The van der Waals surface area contributed by atoms with Crippen LogP contribution in [0.3, 0.4) is 0 Å². The molecule has 3 rings (SSSR count). The Morgan fingerprint density at radius 3 is 1.93 bits per heavy atom. The van der Waals surface area contributed by atoms with E-state index in [4.69, 9.17) is 25.8 Å². The molecule has 0 spiro atoms. The normalized spacial score (nSPS) is 11.2. The Kier molecular flexibility index (Phi) is 6.88. The smallest absolute Gasteiger partial charge is 0.416 e. The molecule has 0 aliphatic carbocycles. The number of ether oxygens (including phenoxy) is 3. The van der Waals surface area contributed by atoms with Gasteiger partial charge in [0.05, 0.1) is 18.8 Å². The molecule has 0 amide bonds. The lowest BCUT2D eigenvalue weighted by molar-refractivity contribution is -0.137. The second kappa shape index (κ2) is 9.56. The highest BCUT2D eigenvalue weighted by Gasteiger charge is 2.30. The minimum absolute atomic E-state index is 0.292. The van der Waals surface area contributed by atoms with Crippen LogP contribution < -0.4 is 14.2 Å². The molecule has 0 bridgehead atoms. The van der Waals surface area contributed by atoms with Crippen molar-refractivity contribution in [3.63, 3.8) is 0 Å². The first-order valence-corrected chi connectivity index (χ1v) is 9.25. The van der Waals surface area contributed by atoms with Gasteiger partial charge in [-0.25, -0.2) is 0 Å². The van der Waals surface area contributed by atoms with E-state index in [0.29, 0.717) is 41.9 Å². The molecule has 0 aromatic heterocycles. The molecule has 0 N–H and O–H groups in total. The van der Waals surface area contributed by atoms with Crippen molar-refractivity contribution in [1.29, 1.82) is 0 Å². The lowest BCUT2D eigenvalue weighted by Crippen LogP contribution is -2.05. The monoisotopic (exact) mass is 422 g/mol. The average molecular weight is 423 g/mol. The topological polar surface area (TPSA) is 27.7 Å². The van der Waals surface area contributed by atoms with Crippen LogP contribution >= 0.6 is 11.6 Å². The fourth-order valence-corrected chi connectivity index (χ4v) is 2.58. The Hall–Kier alpha value is -2.86. The van der Waals surface area contributed by atoms with Crippen LogP contribution in [-0.2, 0) is 6.18 Å². The minimum Gasteiger partial charge on any atom is -0.493 e. The molecule has 0 heterocycles. The minimum atomic E-state index is -4.38. The quantitative estimate of drug-likeness (QED) is 0.366. The largest absolute Gasteiger partial charge is 0.493 e. The van der Waals surface area contributed by atoms with E-state index in [0.717, 1.165) is 17.9 Å². The van der Waals surface area contributed by atoms with E-state index in [2.05, 4.69) is 0 Å². The summed E-state index contributed by atoms with van der Waals surface area (Å²) in [5.41, 5.74) is -0.727. The van der Waals surface area contributed by atoms with E-state index >= 15 is 0 Å². The molecule has 7 heteroatoms. The SMILES string of the molecule is FC(F)(F)c1ccc(Oc2ccccc2OCCCOc2ccc(Cl)cc2)cc1. The molecule has 0 aliphatic heterocycles. The molecule has 0 aliphatic rings. The van der Waals surface area contributed by atoms with Gasteiger partial charge in [0.15, 0.2) is 11.5 Å². The van der Waals surface area contributed by atoms with Crippen LogP contribution in [0.15, 0.2) is 72.8 Å². The van der Waals surface area contributed by atoms with Crippen molar-refractivity contribution in [3.8, 4) is 23.0 Å². The van der Waals surface area contributed by atoms with Gasteiger partial charge in [0.2, 0.25) is 0 Å². The number of benzene rings is 3. The van der Waals surface area contributed by atoms with E-state index in [-0.39, 0.29) is 0 Å². The average Bonchev–Trinajstić information content (AvgIpc) is 2.70. The lowest BCUT2D eigenvalue weighted by atomic mass is 10.2. The molecule has 0 radical (unpaired) electrons. The third-order valence-corrected chi connectivity index (χ3v) is 4.14. The molecular formula is C22H18ClF3O3. The second-order valence-corrected chi connectivity index (χ2v) is 6.51. The maximum absolute atomic E-state index is 12.7. The fourth-order valence-electron chi connectivity index (χ4n) is 2.45. The van der Waals surface area contributed by atoms with Crippen LogP contribution in [0.4, 0.5) is 13.2 Å². The van der Waals surface area contributed by atoms with Gasteiger partial charge < -0.3 is 14.2 Å². The number of hydrogen-bond donors (Lipinski definition) is 0. The van der Waals surface area contributed by atoms with E-state index in [1.54, 1.807) is 48.5 Å². The molecule has 0 atom stereocenters. The fraction of sp³-hybridized carbons (Fsp3) is 0.182. The Morgan fingerprint density at radius 1 is 0.690 bits per heavy atom. The first kappa shape index (κ1) is 20.9. The summed E-state index contributed by atoms with van der Waals surface area (Å²) in [6.07, 6.45) is -3.75. The highest BCUT2D eigenvalue weighted by Crippen LogP contribution is 2.34. The van der Waals surface area contributed by atoms with Crippen LogP contribution in [0.2, 0.25) is 5.02 Å². The summed E-state index contributed by atoms with van der Waals surface area (Å²) in [5, 5.41) is 0.644. The summed E-state index contributed by atoms with van der Waals surface area (Å²) in [7, 11) is 0. The molecule has 3 nitrogen and oxygen atoms in total. The van der Waals surface area contributed by atoms with Gasteiger partial charge in [0.25, 0.3) is 0 Å². The van der Waals surface area contributed by atoms with E-state index < -0.39 is 11.7 Å². The standard InChI is InChI=1S/C22H18ClF3O3/c23-17-8-12-18(13-9-17)27-14-3-15-28-20-4-1-2-5-21(20)29-19-10-6-16(7-11-19)22(24,25)26/h1-2,4-13H,3,14-15H2. The summed E-state index contributed by atoms with van der Waals surface area (Å²) in [6, 6.07) is 18.6. The van der Waals surface area contributed by atoms with E-state index in [1.807, 2.05) is 0 Å². The third kappa shape index (κ3) is 6.32. The molecular weight excluding hydrogens is 405 g/mol. The van der Waals surface area contributed by atoms with Crippen molar-refractivity contribution >= 4 is 11.6 Å². The highest BCUT2D eigenvalue weighted by atomic mass is 35.5. The van der Waals surface area contributed by atoms with E-state index in [9.17, 15) is 13.2 Å². The molecule has 3 aromatic rings. The Bertz CT molecular complexity index is 910. The second-order valence-electron chi connectivity index (χ2n) is 6.08. The zero-order valence-electron chi connectivity index (χ0n) is 15.3. The van der Waals surface area contributed by atoms with E-state index in [1.165, 1.54) is 12.1 Å². The van der Waals surface area contributed by atoms with Crippen LogP contribution in [-0.4, -0.2) is 13.2 Å². The molecule has 29 heavy (non-hydrogen) atoms. The lowest BCUT2D eigenvalue weighted by Gasteiger charge is -2.13. The Morgan fingerprint density at radius 2 is 1.28 bits per heavy atom. The molecule has 0 fully saturated rings. The number of rotatable bonds is 8. The Labute approximate surface area is 171 Å². The van der Waals surface area contributed by atoms with Crippen LogP contribution in [0.25, 0.3) is 0 Å². The van der Waals surface area contributed by atoms with Crippen molar-refractivity contribution in [3.05, 3.63) is 83.4 Å². The first-order chi connectivity index (χ1) is 13.9. The van der Waals surface area contributed by atoms with Gasteiger partial charge in [0.1, 0.15) is 11.5 Å². The first-order valence-electron chi connectivity index (χ1n) is 8.87.